The summed E-state index contributed by atoms with van der Waals surface area (Å²) in [5, 5.41) is 7.98. The number of amides is 4. The van der Waals surface area contributed by atoms with Crippen LogP contribution in [0, 0.1) is 0 Å². The van der Waals surface area contributed by atoms with E-state index in [4.69, 9.17) is 11.5 Å². The van der Waals surface area contributed by atoms with Crippen LogP contribution in [-0.4, -0.2) is 23.6 Å². The summed E-state index contributed by atoms with van der Waals surface area (Å²) in [5.41, 5.74) is 12.5. The summed E-state index contributed by atoms with van der Waals surface area (Å²) in [6.45, 7) is 0. The number of benzene rings is 5. The van der Waals surface area contributed by atoms with Gasteiger partial charge in [-0.1, -0.05) is 24.3 Å². The normalized spacial score (nSPS) is 13.4. The lowest BCUT2D eigenvalue weighted by Crippen LogP contribution is -2.34. The summed E-state index contributed by atoms with van der Waals surface area (Å²) in [6, 6.07) is 13.7. The largest absolute Gasteiger partial charge is 0.366 e. The third-order valence-electron chi connectivity index (χ3n) is 6.15. The van der Waals surface area contributed by atoms with Gasteiger partial charge >= 0.3 is 0 Å². The first kappa shape index (κ1) is 17.3. The second kappa shape index (κ2) is 5.54. The highest BCUT2D eigenvalue weighted by Gasteiger charge is 2.28. The number of hydrogen-bond donors (Lipinski definition) is 3. The van der Waals surface area contributed by atoms with Crippen molar-refractivity contribution in [2.45, 2.75) is 0 Å². The molecule has 1 heterocycles. The van der Waals surface area contributed by atoms with Gasteiger partial charge in [0.25, 0.3) is 11.8 Å². The Bertz CT molecular complexity index is 1580. The van der Waals surface area contributed by atoms with E-state index in [1.54, 1.807) is 36.4 Å². The number of fused-ring (bicyclic) bond motifs is 2. The molecule has 6 rings (SSSR count). The minimum Gasteiger partial charge on any atom is -0.366 e. The molecule has 0 aromatic heterocycles. The minimum atomic E-state index is -0.662. The predicted octanol–water partition coefficient (Wildman–Crippen LogP) is 2.82. The van der Waals surface area contributed by atoms with Crippen molar-refractivity contribution in [2.75, 3.05) is 0 Å². The zero-order valence-corrected chi connectivity index (χ0v) is 15.9. The van der Waals surface area contributed by atoms with Gasteiger partial charge in [0.2, 0.25) is 11.8 Å². The van der Waals surface area contributed by atoms with Gasteiger partial charge in [0.15, 0.2) is 0 Å². The third kappa shape index (κ3) is 2.02. The zero-order chi connectivity index (χ0) is 21.6. The van der Waals surface area contributed by atoms with E-state index < -0.39 is 23.6 Å². The maximum absolute atomic E-state index is 12.5. The van der Waals surface area contributed by atoms with E-state index in [9.17, 15) is 19.2 Å². The molecule has 0 fully saturated rings. The standard InChI is InChI=1S/C24H13N3O4/c25-21(28)13-5-1-9-11-3-7-15-20-16(24(31)27-23(15)30)8-4-12(18(11)20)10-2-6-14(22(26)29)19(13)17(9)10/h1-8H,(H2,25,28)(H2,26,29)(H,27,30,31). The van der Waals surface area contributed by atoms with Gasteiger partial charge < -0.3 is 11.5 Å². The molecule has 0 aliphatic carbocycles. The highest BCUT2D eigenvalue weighted by atomic mass is 16.2. The Morgan fingerprint density at radius 1 is 0.548 bits per heavy atom. The molecule has 0 radical (unpaired) electrons. The summed E-state index contributed by atoms with van der Waals surface area (Å²) < 4.78 is 0. The van der Waals surface area contributed by atoms with Crippen LogP contribution in [-0.2, 0) is 0 Å². The van der Waals surface area contributed by atoms with Crippen LogP contribution in [0.15, 0.2) is 48.5 Å². The Morgan fingerprint density at radius 3 is 1.35 bits per heavy atom. The monoisotopic (exact) mass is 407 g/mol. The first-order chi connectivity index (χ1) is 14.9. The predicted molar refractivity (Wildman–Crippen MR) is 116 cm³/mol. The van der Waals surface area contributed by atoms with Crippen LogP contribution in [0.3, 0.4) is 0 Å². The molecule has 5 aromatic rings. The molecule has 5 aromatic carbocycles. The number of rotatable bonds is 2. The maximum atomic E-state index is 12.5. The summed E-state index contributed by atoms with van der Waals surface area (Å²) in [5.74, 6) is -2.20. The van der Waals surface area contributed by atoms with Crippen molar-refractivity contribution in [3.05, 3.63) is 70.8 Å². The Labute approximate surface area is 173 Å². The van der Waals surface area contributed by atoms with Crippen molar-refractivity contribution in [2.24, 2.45) is 11.5 Å². The van der Waals surface area contributed by atoms with Gasteiger partial charge in [-0.25, -0.2) is 0 Å². The van der Waals surface area contributed by atoms with Crippen molar-refractivity contribution in [3.8, 4) is 0 Å². The van der Waals surface area contributed by atoms with Crippen molar-refractivity contribution in [1.29, 1.82) is 0 Å². The number of carbonyl (C=O) groups excluding carboxylic acids is 4. The van der Waals surface area contributed by atoms with Crippen LogP contribution in [0.4, 0.5) is 0 Å². The summed E-state index contributed by atoms with van der Waals surface area (Å²) in [4.78, 5) is 49.2. The Balaban J connectivity index is 1.96. The molecule has 0 atom stereocenters. The van der Waals surface area contributed by atoms with Crippen LogP contribution in [0.25, 0.3) is 43.1 Å². The second-order valence-electron chi connectivity index (χ2n) is 7.65. The zero-order valence-electron chi connectivity index (χ0n) is 15.9. The molecule has 0 saturated heterocycles. The molecule has 0 bridgehead atoms. The van der Waals surface area contributed by atoms with Crippen molar-refractivity contribution >= 4 is 66.7 Å². The van der Waals surface area contributed by atoms with Crippen LogP contribution in [0.5, 0.6) is 0 Å². The van der Waals surface area contributed by atoms with Gasteiger partial charge in [0, 0.05) is 33.0 Å². The fraction of sp³-hybridized carbons (Fsp3) is 0. The lowest BCUT2D eigenvalue weighted by molar-refractivity contribution is 0.0843. The van der Waals surface area contributed by atoms with E-state index in [0.29, 0.717) is 27.3 Å². The average Bonchev–Trinajstić information content (AvgIpc) is 2.75. The first-order valence-electron chi connectivity index (χ1n) is 9.54. The van der Waals surface area contributed by atoms with E-state index in [1.165, 1.54) is 0 Å². The van der Waals surface area contributed by atoms with E-state index in [2.05, 4.69) is 5.32 Å². The average molecular weight is 407 g/mol. The van der Waals surface area contributed by atoms with Gasteiger partial charge in [0.1, 0.15) is 0 Å². The molecule has 1 aliphatic rings. The molecular weight excluding hydrogens is 394 g/mol. The SMILES string of the molecule is NC(=O)c1ccc2c3ccc4c5c(ccc(c6ccc(C(N)=O)c1c26)c53)C(=O)NC4=O. The Morgan fingerprint density at radius 2 is 0.935 bits per heavy atom. The highest BCUT2D eigenvalue weighted by molar-refractivity contribution is 6.40. The second-order valence-corrected chi connectivity index (χ2v) is 7.65. The number of primary amides is 2. The van der Waals surface area contributed by atoms with E-state index in [0.717, 1.165) is 26.9 Å². The molecule has 7 nitrogen and oxygen atoms in total. The topological polar surface area (TPSA) is 132 Å². The molecular formula is C24H13N3O4. The quantitative estimate of drug-likeness (QED) is 0.236. The smallest absolute Gasteiger partial charge is 0.258 e. The van der Waals surface area contributed by atoms with Crippen molar-refractivity contribution in [3.63, 3.8) is 0 Å². The summed E-state index contributed by atoms with van der Waals surface area (Å²) in [6.07, 6.45) is 0. The number of nitrogens with one attached hydrogen (secondary N) is 1. The number of nitrogens with two attached hydrogens (primary N) is 2. The molecule has 1 aliphatic heterocycles. The van der Waals surface area contributed by atoms with Gasteiger partial charge in [0.05, 0.1) is 0 Å². The molecule has 0 unspecified atom stereocenters. The lowest BCUT2D eigenvalue weighted by atomic mass is 9.83. The van der Waals surface area contributed by atoms with Crippen LogP contribution < -0.4 is 16.8 Å². The number of imide groups is 1. The Kier molecular flexibility index (Phi) is 3.10. The maximum Gasteiger partial charge on any atom is 0.258 e. The number of hydrogen-bond acceptors (Lipinski definition) is 4. The van der Waals surface area contributed by atoms with Crippen LogP contribution in [0.2, 0.25) is 0 Å². The molecule has 5 N–H and O–H groups in total. The summed E-state index contributed by atoms with van der Waals surface area (Å²) >= 11 is 0. The Hall–Kier alpha value is -4.52. The molecule has 7 heteroatoms. The molecule has 0 spiro atoms. The fourth-order valence-corrected chi connectivity index (χ4v) is 4.92. The molecule has 31 heavy (non-hydrogen) atoms. The fourth-order valence-electron chi connectivity index (χ4n) is 4.92. The lowest BCUT2D eigenvalue weighted by Gasteiger charge is -2.22. The van der Waals surface area contributed by atoms with Crippen molar-refractivity contribution in [1.82, 2.24) is 5.32 Å². The first-order valence-corrected chi connectivity index (χ1v) is 9.54. The van der Waals surface area contributed by atoms with Crippen LogP contribution >= 0.6 is 0 Å². The minimum absolute atomic E-state index is 0.206. The van der Waals surface area contributed by atoms with Gasteiger partial charge in [-0.2, -0.15) is 0 Å². The molecule has 0 saturated carbocycles. The summed E-state index contributed by atoms with van der Waals surface area (Å²) in [7, 11) is 0. The van der Waals surface area contributed by atoms with Gasteiger partial charge in [-0.05, 0) is 56.6 Å². The van der Waals surface area contributed by atoms with Crippen molar-refractivity contribution < 1.29 is 19.2 Å². The highest BCUT2D eigenvalue weighted by Crippen LogP contribution is 2.44. The molecule has 148 valence electrons. The van der Waals surface area contributed by atoms with Gasteiger partial charge in [-0.15, -0.1) is 0 Å². The van der Waals surface area contributed by atoms with Gasteiger partial charge in [-0.3, -0.25) is 24.5 Å². The molecule has 4 amide bonds. The van der Waals surface area contributed by atoms with E-state index in [-0.39, 0.29) is 11.1 Å². The number of carbonyl (C=O) groups is 4. The van der Waals surface area contributed by atoms with Crippen LogP contribution in [0.1, 0.15) is 41.4 Å². The third-order valence-corrected chi connectivity index (χ3v) is 6.15. The van der Waals surface area contributed by atoms with E-state index >= 15 is 0 Å². The van der Waals surface area contributed by atoms with E-state index in [1.807, 2.05) is 12.1 Å².